The maximum absolute atomic E-state index is 11.5. The van der Waals surface area contributed by atoms with Crippen LogP contribution in [0.15, 0.2) is 30.3 Å². The Balaban J connectivity index is 2.47. The highest BCUT2D eigenvalue weighted by molar-refractivity contribution is 7.86. The van der Waals surface area contributed by atoms with E-state index in [1.165, 1.54) is 0 Å². The molecule has 0 aromatic heterocycles. The summed E-state index contributed by atoms with van der Waals surface area (Å²) >= 11 is 0. The first kappa shape index (κ1) is 12.1. The fourth-order valence-corrected chi connectivity index (χ4v) is 1.95. The molecule has 0 bridgehead atoms. The number of rotatable bonds is 5. The summed E-state index contributed by atoms with van der Waals surface area (Å²) in [5, 5.41) is 0.0599. The Bertz CT molecular complexity index is 344. The number of carbonyl (C=O) groups is 1. The zero-order chi connectivity index (χ0) is 11.3. The molecule has 1 aromatic carbocycles. The summed E-state index contributed by atoms with van der Waals surface area (Å²) in [6, 6.07) is 9.55. The molecule has 0 aliphatic carbocycles. The highest BCUT2D eigenvalue weighted by Crippen LogP contribution is 2.02. The van der Waals surface area contributed by atoms with Gasteiger partial charge in [0.15, 0.2) is 0 Å². The summed E-state index contributed by atoms with van der Waals surface area (Å²) in [5.74, 6) is 0.222. The second kappa shape index (κ2) is 5.81. The minimum absolute atomic E-state index is 0.0493. The predicted octanol–water partition coefficient (Wildman–Crippen LogP) is 1.96. The van der Waals surface area contributed by atoms with Gasteiger partial charge >= 0.3 is 0 Å². The third-order valence-corrected chi connectivity index (χ3v) is 3.73. The molecular formula is C12H16O2S. The van der Waals surface area contributed by atoms with Gasteiger partial charge in [0.05, 0.1) is 5.75 Å². The summed E-state index contributed by atoms with van der Waals surface area (Å²) in [4.78, 5) is 11.5. The van der Waals surface area contributed by atoms with Crippen molar-refractivity contribution in [3.05, 3.63) is 35.9 Å². The van der Waals surface area contributed by atoms with Crippen molar-refractivity contribution in [2.45, 2.75) is 25.5 Å². The molecule has 0 heterocycles. The van der Waals surface area contributed by atoms with Crippen molar-refractivity contribution < 1.29 is 9.00 Å². The van der Waals surface area contributed by atoms with Crippen molar-refractivity contribution in [1.29, 1.82) is 0 Å². The predicted molar refractivity (Wildman–Crippen MR) is 63.3 cm³/mol. The van der Waals surface area contributed by atoms with Crippen molar-refractivity contribution in [3.63, 3.8) is 0 Å². The lowest BCUT2D eigenvalue weighted by molar-refractivity contribution is -0.116. The molecule has 1 aromatic rings. The van der Waals surface area contributed by atoms with Crippen molar-refractivity contribution in [2.24, 2.45) is 0 Å². The molecule has 3 heteroatoms. The van der Waals surface area contributed by atoms with Gasteiger partial charge in [0.25, 0.3) is 0 Å². The van der Waals surface area contributed by atoms with Gasteiger partial charge in [0.1, 0.15) is 5.78 Å². The molecule has 82 valence electrons. The minimum Gasteiger partial charge on any atom is -0.298 e. The van der Waals surface area contributed by atoms with Crippen molar-refractivity contribution in [1.82, 2.24) is 0 Å². The third kappa shape index (κ3) is 4.38. The average Bonchev–Trinajstić information content (AvgIpc) is 2.18. The molecule has 15 heavy (non-hydrogen) atoms. The summed E-state index contributed by atoms with van der Waals surface area (Å²) in [6.45, 7) is 3.73. The van der Waals surface area contributed by atoms with Crippen molar-refractivity contribution in [2.75, 3.05) is 5.75 Å². The van der Waals surface area contributed by atoms with E-state index in [-0.39, 0.29) is 16.8 Å². The quantitative estimate of drug-likeness (QED) is 0.766. The topological polar surface area (TPSA) is 34.1 Å². The molecule has 0 N–H and O–H groups in total. The summed E-state index contributed by atoms with van der Waals surface area (Å²) in [5.41, 5.74) is 0.989. The van der Waals surface area contributed by atoms with Gasteiger partial charge in [-0.2, -0.15) is 0 Å². The molecule has 0 spiro atoms. The van der Waals surface area contributed by atoms with E-state index in [4.69, 9.17) is 0 Å². The number of ketones is 1. The number of benzene rings is 1. The van der Waals surface area contributed by atoms with Crippen molar-refractivity contribution >= 4 is 16.6 Å². The van der Waals surface area contributed by atoms with Gasteiger partial charge in [-0.3, -0.25) is 9.00 Å². The monoisotopic (exact) mass is 224 g/mol. The maximum atomic E-state index is 11.5. The van der Waals surface area contributed by atoms with Crippen LogP contribution in [0.2, 0.25) is 0 Å². The first-order chi connectivity index (χ1) is 7.09. The number of Topliss-reactive ketones (excluding diaryl/α,β-unsaturated/α-hetero) is 1. The maximum Gasteiger partial charge on any atom is 0.149 e. The second-order valence-corrected chi connectivity index (χ2v) is 5.77. The Morgan fingerprint density at radius 1 is 1.27 bits per heavy atom. The van der Waals surface area contributed by atoms with Crippen LogP contribution in [0, 0.1) is 0 Å². The summed E-state index contributed by atoms with van der Waals surface area (Å²) < 4.78 is 11.4. The lowest BCUT2D eigenvalue weighted by Gasteiger charge is -2.04. The second-order valence-electron chi connectivity index (χ2n) is 3.77. The van der Waals surface area contributed by atoms with E-state index in [1.54, 1.807) is 0 Å². The first-order valence-corrected chi connectivity index (χ1v) is 6.40. The zero-order valence-corrected chi connectivity index (χ0v) is 9.92. The minimum atomic E-state index is -1.03. The molecule has 1 unspecified atom stereocenters. The van der Waals surface area contributed by atoms with E-state index in [9.17, 15) is 9.00 Å². The molecule has 2 nitrogen and oxygen atoms in total. The molecule has 1 atom stereocenters. The Kier molecular flexibility index (Phi) is 4.69. The standard InChI is InChI=1S/C12H16O2S/c1-10(2)15(14)9-12(13)8-11-6-4-3-5-7-11/h3-7,10H,8-9H2,1-2H3. The highest BCUT2D eigenvalue weighted by Gasteiger charge is 2.11. The Morgan fingerprint density at radius 3 is 2.40 bits per heavy atom. The van der Waals surface area contributed by atoms with Gasteiger partial charge in [-0.1, -0.05) is 44.2 Å². The molecule has 1 rings (SSSR count). The van der Waals surface area contributed by atoms with Crippen LogP contribution in [0.25, 0.3) is 0 Å². The Labute approximate surface area is 93.2 Å². The van der Waals surface area contributed by atoms with Gasteiger partial charge in [0.2, 0.25) is 0 Å². The van der Waals surface area contributed by atoms with E-state index in [0.717, 1.165) is 5.56 Å². The van der Waals surface area contributed by atoms with E-state index in [0.29, 0.717) is 6.42 Å². The van der Waals surface area contributed by atoms with Gasteiger partial charge < -0.3 is 0 Å². The van der Waals surface area contributed by atoms with Crippen LogP contribution in [0.5, 0.6) is 0 Å². The van der Waals surface area contributed by atoms with Crippen molar-refractivity contribution in [3.8, 4) is 0 Å². The van der Waals surface area contributed by atoms with Gasteiger partial charge in [0, 0.05) is 22.5 Å². The Hall–Kier alpha value is -0.960. The van der Waals surface area contributed by atoms with E-state index in [2.05, 4.69) is 0 Å². The average molecular weight is 224 g/mol. The first-order valence-electron chi connectivity index (χ1n) is 5.02. The molecule has 0 aliphatic heterocycles. The number of hydrogen-bond acceptors (Lipinski definition) is 2. The number of carbonyl (C=O) groups excluding carboxylic acids is 1. The largest absolute Gasteiger partial charge is 0.298 e. The smallest absolute Gasteiger partial charge is 0.149 e. The lowest BCUT2D eigenvalue weighted by Crippen LogP contribution is -2.18. The van der Waals surface area contributed by atoms with Crippen LogP contribution in [0.1, 0.15) is 19.4 Å². The molecular weight excluding hydrogens is 208 g/mol. The van der Waals surface area contributed by atoms with Crippen LogP contribution >= 0.6 is 0 Å². The molecule has 0 radical (unpaired) electrons. The fraction of sp³-hybridized carbons (Fsp3) is 0.417. The lowest BCUT2D eigenvalue weighted by atomic mass is 10.1. The van der Waals surface area contributed by atoms with Gasteiger partial charge in [-0.05, 0) is 5.56 Å². The highest BCUT2D eigenvalue weighted by atomic mass is 32.2. The normalized spacial score (nSPS) is 12.7. The van der Waals surface area contributed by atoms with E-state index < -0.39 is 10.8 Å². The third-order valence-electron chi connectivity index (χ3n) is 2.07. The molecule has 0 aliphatic rings. The summed E-state index contributed by atoms with van der Waals surface area (Å²) in [6.07, 6.45) is 0.388. The molecule has 0 saturated carbocycles. The van der Waals surface area contributed by atoms with Crippen LogP contribution in [0.4, 0.5) is 0 Å². The molecule has 0 saturated heterocycles. The fourth-order valence-electron chi connectivity index (χ4n) is 1.20. The van der Waals surface area contributed by atoms with Crippen LogP contribution in [-0.4, -0.2) is 21.0 Å². The Morgan fingerprint density at radius 2 is 1.87 bits per heavy atom. The van der Waals surface area contributed by atoms with E-state index >= 15 is 0 Å². The zero-order valence-electron chi connectivity index (χ0n) is 9.10. The van der Waals surface area contributed by atoms with Crippen LogP contribution in [0.3, 0.4) is 0 Å². The van der Waals surface area contributed by atoms with Crippen LogP contribution < -0.4 is 0 Å². The van der Waals surface area contributed by atoms with Gasteiger partial charge in [-0.25, -0.2) is 0 Å². The molecule has 0 fully saturated rings. The van der Waals surface area contributed by atoms with Gasteiger partial charge in [-0.15, -0.1) is 0 Å². The van der Waals surface area contributed by atoms with E-state index in [1.807, 2.05) is 44.2 Å². The molecule has 0 amide bonds. The van der Waals surface area contributed by atoms with Crippen LogP contribution in [-0.2, 0) is 22.0 Å². The summed E-state index contributed by atoms with van der Waals surface area (Å²) in [7, 11) is -1.03. The number of hydrogen-bond donors (Lipinski definition) is 0. The SMILES string of the molecule is CC(C)S(=O)CC(=O)Cc1ccccc1.